The molecule has 2 aliphatic rings. The predicted molar refractivity (Wildman–Crippen MR) is 115 cm³/mol. The van der Waals surface area contributed by atoms with E-state index in [-0.39, 0.29) is 18.7 Å². The van der Waals surface area contributed by atoms with Crippen LogP contribution < -0.4 is 10.6 Å². The molecule has 1 aromatic carbocycles. The standard InChI is InChI=1S/C16H17B2Cl2N3O3.C3H6/c1-8-9-5-11(19)12(20)6-10(9)16(17,18)23(8)14(25)4-3-13(22-7-24)15(26)21-2;1-2-3-1/h5-8,13H,3-4H2,1-2H3,(H,21,26)(H,22,24);1-3H2. The van der Waals surface area contributed by atoms with Gasteiger partial charge in [-0.1, -0.05) is 42.5 Å². The van der Waals surface area contributed by atoms with Gasteiger partial charge in [-0.25, -0.2) is 0 Å². The van der Waals surface area contributed by atoms with E-state index < -0.39 is 23.3 Å². The molecule has 3 rings (SSSR count). The first-order chi connectivity index (χ1) is 13.6. The predicted octanol–water partition coefficient (Wildman–Crippen LogP) is 2.15. The molecule has 2 unspecified atom stereocenters. The number of benzene rings is 1. The van der Waals surface area contributed by atoms with Gasteiger partial charge >= 0.3 is 0 Å². The monoisotopic (exact) mass is 433 g/mol. The summed E-state index contributed by atoms with van der Waals surface area (Å²) in [6.45, 7) is 1.78. The van der Waals surface area contributed by atoms with Crippen LogP contribution in [0.1, 0.15) is 56.2 Å². The van der Waals surface area contributed by atoms with Crippen LogP contribution in [-0.2, 0) is 19.7 Å². The molecule has 1 aliphatic heterocycles. The van der Waals surface area contributed by atoms with E-state index in [0.29, 0.717) is 27.6 Å². The average Bonchev–Trinajstić information content (AvgIpc) is 3.53. The summed E-state index contributed by atoms with van der Waals surface area (Å²) in [5.41, 5.74) is 1.23. The van der Waals surface area contributed by atoms with Gasteiger partial charge in [0.15, 0.2) is 0 Å². The van der Waals surface area contributed by atoms with Crippen molar-refractivity contribution in [2.45, 2.75) is 56.4 Å². The van der Waals surface area contributed by atoms with Crippen LogP contribution in [0.5, 0.6) is 0 Å². The number of hydrogen-bond donors (Lipinski definition) is 2. The molecular weight excluding hydrogens is 411 g/mol. The van der Waals surface area contributed by atoms with Crippen molar-refractivity contribution in [3.63, 3.8) is 0 Å². The highest BCUT2D eigenvalue weighted by atomic mass is 35.5. The fourth-order valence-corrected chi connectivity index (χ4v) is 3.54. The van der Waals surface area contributed by atoms with Crippen LogP contribution in [0, 0.1) is 0 Å². The minimum Gasteiger partial charge on any atom is -0.357 e. The second-order valence-electron chi connectivity index (χ2n) is 7.17. The molecule has 1 aliphatic carbocycles. The summed E-state index contributed by atoms with van der Waals surface area (Å²) >= 11 is 12.1. The van der Waals surface area contributed by atoms with E-state index in [9.17, 15) is 14.4 Å². The molecule has 1 heterocycles. The number of amides is 3. The highest BCUT2D eigenvalue weighted by molar-refractivity contribution is 6.43. The molecule has 0 aromatic heterocycles. The Morgan fingerprint density at radius 1 is 1.28 bits per heavy atom. The summed E-state index contributed by atoms with van der Waals surface area (Å²) in [6, 6.07) is 1.97. The summed E-state index contributed by atoms with van der Waals surface area (Å²) in [5.74, 6) is -0.750. The minimum atomic E-state index is -1.55. The van der Waals surface area contributed by atoms with Gasteiger partial charge in [0, 0.05) is 13.5 Å². The molecule has 0 saturated heterocycles. The fourth-order valence-electron chi connectivity index (χ4n) is 3.20. The first-order valence-corrected chi connectivity index (χ1v) is 10.2. The normalized spacial score (nSPS) is 19.3. The maximum absolute atomic E-state index is 12.8. The topological polar surface area (TPSA) is 78.5 Å². The number of carbonyl (C=O) groups is 3. The van der Waals surface area contributed by atoms with Gasteiger partial charge in [-0.05, 0) is 41.9 Å². The zero-order valence-electron chi connectivity index (χ0n) is 16.5. The highest BCUT2D eigenvalue weighted by Gasteiger charge is 2.43. The van der Waals surface area contributed by atoms with E-state index in [1.165, 1.54) is 31.2 Å². The number of fused-ring (bicyclic) bond motifs is 1. The summed E-state index contributed by atoms with van der Waals surface area (Å²) in [7, 11) is 13.9. The minimum absolute atomic E-state index is 0.0329. The number of nitrogens with zero attached hydrogens (tertiary/aromatic N) is 1. The number of halogens is 2. The van der Waals surface area contributed by atoms with E-state index in [4.69, 9.17) is 38.9 Å². The van der Waals surface area contributed by atoms with Gasteiger partial charge in [0.1, 0.15) is 6.04 Å². The highest BCUT2D eigenvalue weighted by Crippen LogP contribution is 2.45. The van der Waals surface area contributed by atoms with Crippen molar-refractivity contribution >= 4 is 57.1 Å². The average molecular weight is 434 g/mol. The lowest BCUT2D eigenvalue weighted by molar-refractivity contribution is -0.135. The van der Waals surface area contributed by atoms with E-state index in [1.807, 2.05) is 0 Å². The maximum Gasteiger partial charge on any atom is 0.242 e. The Morgan fingerprint density at radius 3 is 2.38 bits per heavy atom. The largest absolute Gasteiger partial charge is 0.357 e. The molecule has 2 N–H and O–H groups in total. The van der Waals surface area contributed by atoms with Crippen LogP contribution >= 0.6 is 23.2 Å². The molecular formula is C19H23B2Cl2N3O3. The van der Waals surface area contributed by atoms with E-state index >= 15 is 0 Å². The SMILES string of the molecule is C1CC1.[B]C1([B])c2cc(Cl)c(Cl)cc2C(C)N1C(=O)CCC(NC=O)C(=O)NC. The van der Waals surface area contributed by atoms with Crippen molar-refractivity contribution < 1.29 is 14.4 Å². The molecule has 1 saturated carbocycles. The maximum atomic E-state index is 12.8. The molecule has 152 valence electrons. The van der Waals surface area contributed by atoms with Crippen molar-refractivity contribution in [3.05, 3.63) is 33.3 Å². The molecule has 0 spiro atoms. The molecule has 1 fully saturated rings. The molecule has 29 heavy (non-hydrogen) atoms. The van der Waals surface area contributed by atoms with Gasteiger partial charge in [-0.15, -0.1) is 0 Å². The number of rotatable bonds is 6. The lowest BCUT2D eigenvalue weighted by Crippen LogP contribution is -2.48. The second-order valence-corrected chi connectivity index (χ2v) is 7.98. The number of nitrogens with one attached hydrogen (secondary N) is 2. The van der Waals surface area contributed by atoms with Crippen molar-refractivity contribution in [2.75, 3.05) is 7.05 Å². The zero-order chi connectivity index (χ0) is 21.8. The Bertz CT molecular complexity index is 787. The van der Waals surface area contributed by atoms with Gasteiger partial charge in [-0.2, -0.15) is 0 Å². The van der Waals surface area contributed by atoms with Crippen LogP contribution in [0.25, 0.3) is 0 Å². The number of hydrogen-bond acceptors (Lipinski definition) is 3. The lowest BCUT2D eigenvalue weighted by atomic mass is 9.58. The Kier molecular flexibility index (Phi) is 8.06. The van der Waals surface area contributed by atoms with Crippen molar-refractivity contribution in [2.24, 2.45) is 0 Å². The Labute approximate surface area is 183 Å². The number of likely N-dealkylation sites (N-methyl/N-ethyl adjacent to an activating group) is 1. The first kappa shape index (κ1) is 23.6. The third kappa shape index (κ3) is 5.48. The lowest BCUT2D eigenvalue weighted by Gasteiger charge is -2.37. The number of carbonyl (C=O) groups excluding carboxylic acids is 3. The molecule has 2 atom stereocenters. The summed E-state index contributed by atoms with van der Waals surface area (Å²) in [4.78, 5) is 36.5. The van der Waals surface area contributed by atoms with Crippen LogP contribution in [0.3, 0.4) is 0 Å². The van der Waals surface area contributed by atoms with Gasteiger partial charge in [0.25, 0.3) is 0 Å². The van der Waals surface area contributed by atoms with Crippen LogP contribution in [0.15, 0.2) is 12.1 Å². The Hall–Kier alpha value is -1.66. The molecule has 0 bridgehead atoms. The quantitative estimate of drug-likeness (QED) is 0.533. The van der Waals surface area contributed by atoms with E-state index in [2.05, 4.69) is 10.6 Å². The third-order valence-electron chi connectivity index (χ3n) is 4.86. The first-order valence-electron chi connectivity index (χ1n) is 9.45. The van der Waals surface area contributed by atoms with Crippen molar-refractivity contribution in [3.8, 4) is 0 Å². The second kappa shape index (κ2) is 9.90. The molecule has 1 aromatic rings. The van der Waals surface area contributed by atoms with Gasteiger partial charge < -0.3 is 15.5 Å². The smallest absolute Gasteiger partial charge is 0.242 e. The van der Waals surface area contributed by atoms with Gasteiger partial charge in [-0.3, -0.25) is 14.4 Å². The van der Waals surface area contributed by atoms with E-state index in [0.717, 1.165) is 0 Å². The third-order valence-corrected chi connectivity index (χ3v) is 5.58. The summed E-state index contributed by atoms with van der Waals surface area (Å²) in [5, 5.41) is 3.90. The van der Waals surface area contributed by atoms with Crippen LogP contribution in [0.4, 0.5) is 0 Å². The Balaban J connectivity index is 0.000000912. The molecule has 3 amide bonds. The summed E-state index contributed by atoms with van der Waals surface area (Å²) in [6.07, 6.45) is 4.99. The van der Waals surface area contributed by atoms with Crippen LogP contribution in [0.2, 0.25) is 10.0 Å². The van der Waals surface area contributed by atoms with E-state index in [1.54, 1.807) is 19.1 Å². The van der Waals surface area contributed by atoms with Gasteiger partial charge in [0.2, 0.25) is 18.2 Å². The zero-order valence-corrected chi connectivity index (χ0v) is 18.0. The fraction of sp³-hybridized carbons (Fsp3) is 0.526. The van der Waals surface area contributed by atoms with Gasteiger partial charge in [0.05, 0.1) is 31.8 Å². The Morgan fingerprint density at radius 2 is 1.86 bits per heavy atom. The summed E-state index contributed by atoms with van der Waals surface area (Å²) < 4.78 is 0. The molecule has 6 nitrogen and oxygen atoms in total. The van der Waals surface area contributed by atoms with Crippen molar-refractivity contribution in [1.82, 2.24) is 15.5 Å². The molecule has 10 heteroatoms. The van der Waals surface area contributed by atoms with Crippen LogP contribution in [-0.4, -0.2) is 51.9 Å². The molecule has 4 radical (unpaired) electrons. The van der Waals surface area contributed by atoms with Crippen molar-refractivity contribution in [1.29, 1.82) is 0 Å².